The zero-order chi connectivity index (χ0) is 15.7. The Morgan fingerprint density at radius 3 is 2.30 bits per heavy atom. The van der Waals surface area contributed by atoms with Gasteiger partial charge in [-0.2, -0.15) is 13.2 Å². The molecule has 1 rings (SSSR count). The molecule has 1 unspecified atom stereocenters. The van der Waals surface area contributed by atoms with Crippen LogP contribution in [0.1, 0.15) is 36.7 Å². The van der Waals surface area contributed by atoms with Gasteiger partial charge < -0.3 is 11.1 Å². The number of carbonyl (C=O) groups excluding carboxylic acids is 1. The fourth-order valence-corrected chi connectivity index (χ4v) is 1.40. The fraction of sp³-hybridized carbons (Fsp3) is 0.462. The van der Waals surface area contributed by atoms with Gasteiger partial charge in [-0.25, -0.2) is 4.39 Å². The van der Waals surface area contributed by atoms with Crippen LogP contribution in [-0.2, 0) is 6.18 Å². The van der Waals surface area contributed by atoms with E-state index in [0.717, 1.165) is 12.1 Å². The molecule has 0 aromatic heterocycles. The number of halogens is 4. The predicted molar refractivity (Wildman–Crippen MR) is 66.6 cm³/mol. The lowest BCUT2D eigenvalue weighted by atomic mass is 9.96. The number of hydrogen-bond acceptors (Lipinski definition) is 2. The maximum atomic E-state index is 13.8. The van der Waals surface area contributed by atoms with Crippen molar-refractivity contribution in [2.24, 2.45) is 5.73 Å². The van der Waals surface area contributed by atoms with Crippen molar-refractivity contribution in [2.45, 2.75) is 38.5 Å². The minimum Gasteiger partial charge on any atom is -0.346 e. The molecular formula is C13H16F4N2O. The third-order valence-electron chi connectivity index (χ3n) is 3.12. The minimum atomic E-state index is -4.85. The summed E-state index contributed by atoms with van der Waals surface area (Å²) in [4.78, 5) is 11.9. The first-order valence-corrected chi connectivity index (χ1v) is 5.90. The zero-order valence-electron chi connectivity index (χ0n) is 11.3. The van der Waals surface area contributed by atoms with Crippen LogP contribution in [0.5, 0.6) is 0 Å². The highest BCUT2D eigenvalue weighted by Gasteiger charge is 2.36. The fourth-order valence-electron chi connectivity index (χ4n) is 1.40. The van der Waals surface area contributed by atoms with Gasteiger partial charge in [-0.05, 0) is 32.9 Å². The molecule has 0 aliphatic carbocycles. The molecule has 0 aliphatic rings. The average molecular weight is 292 g/mol. The van der Waals surface area contributed by atoms with E-state index < -0.39 is 40.6 Å². The van der Waals surface area contributed by atoms with Gasteiger partial charge in [0.15, 0.2) is 0 Å². The van der Waals surface area contributed by atoms with Crippen molar-refractivity contribution in [2.75, 3.05) is 0 Å². The van der Waals surface area contributed by atoms with Gasteiger partial charge in [0.05, 0.1) is 11.1 Å². The number of amides is 1. The van der Waals surface area contributed by atoms with Gasteiger partial charge in [0, 0.05) is 11.6 Å². The van der Waals surface area contributed by atoms with E-state index in [4.69, 9.17) is 5.73 Å². The summed E-state index contributed by atoms with van der Waals surface area (Å²) in [5.41, 5.74) is 2.64. The first kappa shape index (κ1) is 16.4. The number of nitrogens with two attached hydrogens (primary N) is 1. The number of alkyl halides is 3. The summed E-state index contributed by atoms with van der Waals surface area (Å²) >= 11 is 0. The summed E-state index contributed by atoms with van der Waals surface area (Å²) in [5, 5.41) is 2.42. The Hall–Kier alpha value is -1.63. The van der Waals surface area contributed by atoms with Crippen LogP contribution in [0.25, 0.3) is 0 Å². The molecule has 1 amide bonds. The molecule has 0 heterocycles. The number of benzene rings is 1. The maximum Gasteiger partial charge on any atom is 0.419 e. The Labute approximate surface area is 114 Å². The standard InChI is InChI=1S/C13H16F4N2O/c1-7(18)12(2,3)19-11(20)8-5-4-6-9(10(8)14)13(15,16)17/h4-7H,18H2,1-3H3,(H,19,20). The normalized spacial score (nSPS) is 14.0. The van der Waals surface area contributed by atoms with Gasteiger partial charge in [-0.1, -0.05) is 6.07 Å². The van der Waals surface area contributed by atoms with Crippen LogP contribution < -0.4 is 11.1 Å². The predicted octanol–water partition coefficient (Wildman–Crippen LogP) is 2.70. The summed E-state index contributed by atoms with van der Waals surface area (Å²) in [5.74, 6) is -2.52. The first-order valence-electron chi connectivity index (χ1n) is 5.90. The Kier molecular flexibility index (Phi) is 4.43. The highest BCUT2D eigenvalue weighted by atomic mass is 19.4. The van der Waals surface area contributed by atoms with Crippen LogP contribution in [0.3, 0.4) is 0 Å². The lowest BCUT2D eigenvalue weighted by Gasteiger charge is -2.30. The maximum absolute atomic E-state index is 13.8. The van der Waals surface area contributed by atoms with Gasteiger partial charge >= 0.3 is 6.18 Å². The van der Waals surface area contributed by atoms with E-state index >= 15 is 0 Å². The molecule has 7 heteroatoms. The van der Waals surface area contributed by atoms with Crippen molar-refractivity contribution in [1.82, 2.24) is 5.32 Å². The number of nitrogens with one attached hydrogen (secondary N) is 1. The van der Waals surface area contributed by atoms with Gasteiger partial charge in [0.25, 0.3) is 5.91 Å². The molecular weight excluding hydrogens is 276 g/mol. The van der Waals surface area contributed by atoms with Crippen molar-refractivity contribution in [3.05, 3.63) is 35.1 Å². The minimum absolute atomic E-state index is 0.458. The molecule has 0 spiro atoms. The lowest BCUT2D eigenvalue weighted by Crippen LogP contribution is -2.54. The van der Waals surface area contributed by atoms with Gasteiger partial charge in [-0.3, -0.25) is 4.79 Å². The quantitative estimate of drug-likeness (QED) is 0.842. The van der Waals surface area contributed by atoms with Gasteiger partial charge in [-0.15, -0.1) is 0 Å². The van der Waals surface area contributed by atoms with Crippen LogP contribution in [0.4, 0.5) is 17.6 Å². The largest absolute Gasteiger partial charge is 0.419 e. The molecule has 0 aliphatic heterocycles. The second-order valence-electron chi connectivity index (χ2n) is 5.13. The molecule has 0 saturated heterocycles. The lowest BCUT2D eigenvalue weighted by molar-refractivity contribution is -0.140. The smallest absolute Gasteiger partial charge is 0.346 e. The summed E-state index contributed by atoms with van der Waals surface area (Å²) in [6, 6.07) is 2.11. The van der Waals surface area contributed by atoms with Crippen LogP contribution in [0, 0.1) is 5.82 Å². The van der Waals surface area contributed by atoms with Crippen molar-refractivity contribution in [1.29, 1.82) is 0 Å². The molecule has 0 bridgehead atoms. The topological polar surface area (TPSA) is 55.1 Å². The first-order chi connectivity index (χ1) is 8.97. The van der Waals surface area contributed by atoms with Gasteiger partial charge in [0.2, 0.25) is 0 Å². The van der Waals surface area contributed by atoms with E-state index in [1.165, 1.54) is 0 Å². The second kappa shape index (κ2) is 5.40. The third kappa shape index (κ3) is 3.47. The van der Waals surface area contributed by atoms with Crippen molar-refractivity contribution in [3.63, 3.8) is 0 Å². The monoisotopic (exact) mass is 292 g/mol. The third-order valence-corrected chi connectivity index (χ3v) is 3.12. The molecule has 112 valence electrons. The zero-order valence-corrected chi connectivity index (χ0v) is 11.3. The summed E-state index contributed by atoms with van der Waals surface area (Å²) in [6.45, 7) is 4.82. The van der Waals surface area contributed by atoms with E-state index in [-0.39, 0.29) is 0 Å². The Morgan fingerprint density at radius 2 is 1.85 bits per heavy atom. The van der Waals surface area contributed by atoms with Crippen LogP contribution in [-0.4, -0.2) is 17.5 Å². The van der Waals surface area contributed by atoms with Crippen LogP contribution in [0.15, 0.2) is 18.2 Å². The molecule has 0 saturated carbocycles. The highest BCUT2D eigenvalue weighted by molar-refractivity contribution is 5.95. The van der Waals surface area contributed by atoms with Crippen LogP contribution >= 0.6 is 0 Å². The molecule has 3 N–H and O–H groups in total. The number of carbonyl (C=O) groups is 1. The SMILES string of the molecule is CC(N)C(C)(C)NC(=O)c1cccc(C(F)(F)F)c1F. The van der Waals surface area contributed by atoms with Crippen molar-refractivity contribution in [3.8, 4) is 0 Å². The van der Waals surface area contributed by atoms with E-state index in [1.807, 2.05) is 0 Å². The average Bonchev–Trinajstić information content (AvgIpc) is 2.26. The Morgan fingerprint density at radius 1 is 1.30 bits per heavy atom. The highest BCUT2D eigenvalue weighted by Crippen LogP contribution is 2.32. The summed E-state index contributed by atoms with van der Waals surface area (Å²) < 4.78 is 51.5. The molecule has 1 atom stereocenters. The van der Waals surface area contributed by atoms with Crippen LogP contribution in [0.2, 0.25) is 0 Å². The van der Waals surface area contributed by atoms with E-state index in [2.05, 4.69) is 5.32 Å². The molecule has 0 fully saturated rings. The van der Waals surface area contributed by atoms with E-state index in [9.17, 15) is 22.4 Å². The Bertz CT molecular complexity index is 510. The Balaban J connectivity index is 3.13. The molecule has 1 aromatic carbocycles. The van der Waals surface area contributed by atoms with Crippen molar-refractivity contribution >= 4 is 5.91 Å². The summed E-state index contributed by atoms with van der Waals surface area (Å²) in [6.07, 6.45) is -4.85. The van der Waals surface area contributed by atoms with E-state index in [1.54, 1.807) is 20.8 Å². The second-order valence-corrected chi connectivity index (χ2v) is 5.13. The summed E-state index contributed by atoms with van der Waals surface area (Å²) in [7, 11) is 0. The molecule has 1 aromatic rings. The number of rotatable bonds is 3. The molecule has 0 radical (unpaired) electrons. The molecule has 3 nitrogen and oxygen atoms in total. The van der Waals surface area contributed by atoms with Crippen molar-refractivity contribution < 1.29 is 22.4 Å². The number of hydrogen-bond donors (Lipinski definition) is 2. The van der Waals surface area contributed by atoms with E-state index in [0.29, 0.717) is 6.07 Å². The van der Waals surface area contributed by atoms with Gasteiger partial charge in [0.1, 0.15) is 5.82 Å². The molecule has 20 heavy (non-hydrogen) atoms.